The van der Waals surface area contributed by atoms with Crippen LogP contribution in [0.15, 0.2) is 98.4 Å². The molecule has 6 nitrogen and oxygen atoms in total. The third-order valence-corrected chi connectivity index (χ3v) is 9.03. The Hall–Kier alpha value is -2.65. The van der Waals surface area contributed by atoms with Gasteiger partial charge >= 0.3 is 0 Å². The fourth-order valence-corrected chi connectivity index (χ4v) is 6.66. The Kier molecular flexibility index (Phi) is 6.90. The number of rotatable bonds is 6. The van der Waals surface area contributed by atoms with Gasteiger partial charge in [-0.1, -0.05) is 48.2 Å². The van der Waals surface area contributed by atoms with Gasteiger partial charge in [-0.15, -0.1) is 0 Å². The normalized spacial score (nSPS) is 16.3. The van der Waals surface area contributed by atoms with Crippen molar-refractivity contribution in [2.45, 2.75) is 37.8 Å². The summed E-state index contributed by atoms with van der Waals surface area (Å²) >= 11 is 1.55. The second-order valence-corrected chi connectivity index (χ2v) is 11.3. The predicted octanol–water partition coefficient (Wildman–Crippen LogP) is 4.14. The standard InChI is InChI=1S/C25H26N2O4S2/c1-27-17-15-25(16-18-27,24(28)26-29)22-9-5-6-10-23(22)33(30,31)21-13-11-20(12-14-21)32-19-7-3-2-4-8-19/h2-14,29H,15-18H2,1H3,(H,26,28). The van der Waals surface area contributed by atoms with Gasteiger partial charge in [-0.3, -0.25) is 10.0 Å². The third-order valence-electron chi connectivity index (χ3n) is 6.18. The van der Waals surface area contributed by atoms with E-state index in [1.807, 2.05) is 37.4 Å². The highest BCUT2D eigenvalue weighted by atomic mass is 32.2. The van der Waals surface area contributed by atoms with Crippen LogP contribution in [0.25, 0.3) is 0 Å². The van der Waals surface area contributed by atoms with Crippen LogP contribution < -0.4 is 5.48 Å². The molecule has 33 heavy (non-hydrogen) atoms. The first-order chi connectivity index (χ1) is 15.9. The topological polar surface area (TPSA) is 86.7 Å². The van der Waals surface area contributed by atoms with Crippen molar-refractivity contribution in [3.63, 3.8) is 0 Å². The van der Waals surface area contributed by atoms with E-state index in [0.717, 1.165) is 9.79 Å². The molecule has 1 aliphatic heterocycles. The number of carbonyl (C=O) groups is 1. The average Bonchev–Trinajstić information content (AvgIpc) is 2.85. The lowest BCUT2D eigenvalue weighted by Crippen LogP contribution is -2.50. The van der Waals surface area contributed by atoms with Gasteiger partial charge in [0.2, 0.25) is 9.84 Å². The monoisotopic (exact) mass is 482 g/mol. The SMILES string of the molecule is CN1CCC(C(=O)NO)(c2ccccc2S(=O)(=O)c2ccc(Sc3ccccc3)cc2)CC1. The van der Waals surface area contributed by atoms with Crippen molar-refractivity contribution in [1.82, 2.24) is 10.4 Å². The maximum absolute atomic E-state index is 13.7. The lowest BCUT2D eigenvalue weighted by atomic mass is 9.72. The summed E-state index contributed by atoms with van der Waals surface area (Å²) in [5, 5.41) is 9.48. The van der Waals surface area contributed by atoms with E-state index in [1.54, 1.807) is 65.8 Å². The van der Waals surface area contributed by atoms with Crippen molar-refractivity contribution in [2.75, 3.05) is 20.1 Å². The first-order valence-corrected chi connectivity index (χ1v) is 13.0. The van der Waals surface area contributed by atoms with Gasteiger partial charge in [-0.05, 0) is 81.0 Å². The van der Waals surface area contributed by atoms with Gasteiger partial charge < -0.3 is 4.90 Å². The summed E-state index contributed by atoms with van der Waals surface area (Å²) in [5.41, 5.74) is 1.09. The Bertz CT molecular complexity index is 1220. The van der Waals surface area contributed by atoms with E-state index in [4.69, 9.17) is 0 Å². The molecule has 0 aromatic heterocycles. The van der Waals surface area contributed by atoms with Gasteiger partial charge in [-0.2, -0.15) is 0 Å². The zero-order valence-corrected chi connectivity index (χ0v) is 19.9. The molecule has 1 aliphatic rings. The summed E-state index contributed by atoms with van der Waals surface area (Å²) < 4.78 is 27.3. The number of nitrogens with zero attached hydrogens (tertiary/aromatic N) is 1. The molecule has 172 valence electrons. The van der Waals surface area contributed by atoms with Crippen molar-refractivity contribution < 1.29 is 18.4 Å². The highest BCUT2D eigenvalue weighted by Crippen LogP contribution is 2.40. The molecular weight excluding hydrogens is 456 g/mol. The number of hydroxylamine groups is 1. The maximum Gasteiger partial charge on any atom is 0.254 e. The van der Waals surface area contributed by atoms with E-state index in [-0.39, 0.29) is 9.79 Å². The van der Waals surface area contributed by atoms with Gasteiger partial charge in [0.05, 0.1) is 15.2 Å². The van der Waals surface area contributed by atoms with Gasteiger partial charge in [0.15, 0.2) is 0 Å². The molecule has 1 amide bonds. The van der Waals surface area contributed by atoms with Crippen LogP contribution in [-0.2, 0) is 20.0 Å². The molecule has 1 saturated heterocycles. The fraction of sp³-hybridized carbons (Fsp3) is 0.240. The molecule has 0 unspecified atom stereocenters. The molecule has 2 N–H and O–H groups in total. The molecule has 0 aliphatic carbocycles. The molecule has 1 fully saturated rings. The number of piperidine rings is 1. The van der Waals surface area contributed by atoms with Crippen molar-refractivity contribution >= 4 is 27.5 Å². The minimum atomic E-state index is -3.89. The van der Waals surface area contributed by atoms with Gasteiger partial charge in [0.25, 0.3) is 5.91 Å². The number of benzene rings is 3. The lowest BCUT2D eigenvalue weighted by Gasteiger charge is -2.40. The van der Waals surface area contributed by atoms with Gasteiger partial charge in [-0.25, -0.2) is 13.9 Å². The molecule has 0 bridgehead atoms. The van der Waals surface area contributed by atoms with E-state index < -0.39 is 21.2 Å². The second-order valence-electron chi connectivity index (χ2n) is 8.21. The Labute approximate surface area is 198 Å². The van der Waals surface area contributed by atoms with E-state index in [0.29, 0.717) is 31.5 Å². The third kappa shape index (κ3) is 4.70. The summed E-state index contributed by atoms with van der Waals surface area (Å²) in [4.78, 5) is 17.2. The van der Waals surface area contributed by atoms with Crippen LogP contribution in [0.3, 0.4) is 0 Å². The Morgan fingerprint density at radius 2 is 1.48 bits per heavy atom. The molecule has 1 heterocycles. The summed E-state index contributed by atoms with van der Waals surface area (Å²) in [6.45, 7) is 1.24. The van der Waals surface area contributed by atoms with Crippen LogP contribution in [0.2, 0.25) is 0 Å². The van der Waals surface area contributed by atoms with Crippen LogP contribution in [0.4, 0.5) is 0 Å². The molecule has 4 rings (SSSR count). The molecule has 3 aromatic rings. The smallest absolute Gasteiger partial charge is 0.254 e. The van der Waals surface area contributed by atoms with Gasteiger partial charge in [0, 0.05) is 9.79 Å². The number of amides is 1. The molecule has 0 radical (unpaired) electrons. The number of hydrogen-bond donors (Lipinski definition) is 2. The van der Waals surface area contributed by atoms with Crippen molar-refractivity contribution in [1.29, 1.82) is 0 Å². The predicted molar refractivity (Wildman–Crippen MR) is 127 cm³/mol. The summed E-state index contributed by atoms with van der Waals surface area (Å²) in [6.07, 6.45) is 0.824. The number of nitrogens with one attached hydrogen (secondary N) is 1. The van der Waals surface area contributed by atoms with Gasteiger partial charge in [0.1, 0.15) is 0 Å². The highest BCUT2D eigenvalue weighted by Gasteiger charge is 2.45. The minimum absolute atomic E-state index is 0.0987. The van der Waals surface area contributed by atoms with Crippen molar-refractivity contribution in [3.05, 3.63) is 84.4 Å². The number of hydrogen-bond acceptors (Lipinski definition) is 6. The Balaban J connectivity index is 1.71. The first kappa shape index (κ1) is 23.5. The molecule has 3 aromatic carbocycles. The van der Waals surface area contributed by atoms with E-state index in [2.05, 4.69) is 4.90 Å². The van der Waals surface area contributed by atoms with Crippen molar-refractivity contribution in [2.24, 2.45) is 0 Å². The van der Waals surface area contributed by atoms with E-state index >= 15 is 0 Å². The number of carbonyl (C=O) groups excluding carboxylic acids is 1. The number of likely N-dealkylation sites (tertiary alicyclic amines) is 1. The molecule has 8 heteroatoms. The molecule has 0 atom stereocenters. The zero-order chi connectivity index (χ0) is 23.5. The quantitative estimate of drug-likeness (QED) is 0.406. The molecule has 0 spiro atoms. The largest absolute Gasteiger partial charge is 0.306 e. The molecule has 0 saturated carbocycles. The van der Waals surface area contributed by atoms with Crippen molar-refractivity contribution in [3.8, 4) is 0 Å². The maximum atomic E-state index is 13.7. The Morgan fingerprint density at radius 3 is 2.12 bits per heavy atom. The number of sulfone groups is 1. The first-order valence-electron chi connectivity index (χ1n) is 10.7. The van der Waals surface area contributed by atoms with Crippen LogP contribution in [0.5, 0.6) is 0 Å². The highest BCUT2D eigenvalue weighted by molar-refractivity contribution is 7.99. The summed E-state index contributed by atoms with van der Waals surface area (Å²) in [5.74, 6) is -0.576. The van der Waals surface area contributed by atoms with E-state index in [9.17, 15) is 18.4 Å². The fourth-order valence-electron chi connectivity index (χ4n) is 4.26. The van der Waals surface area contributed by atoms with Crippen LogP contribution in [0, 0.1) is 0 Å². The minimum Gasteiger partial charge on any atom is -0.306 e. The lowest BCUT2D eigenvalue weighted by molar-refractivity contribution is -0.137. The van der Waals surface area contributed by atoms with Crippen LogP contribution >= 0.6 is 11.8 Å². The average molecular weight is 483 g/mol. The van der Waals surface area contributed by atoms with Crippen LogP contribution in [-0.4, -0.2) is 44.6 Å². The zero-order valence-electron chi connectivity index (χ0n) is 18.3. The Morgan fingerprint density at radius 1 is 0.909 bits per heavy atom. The molecular formula is C25H26N2O4S2. The second kappa shape index (κ2) is 9.69. The van der Waals surface area contributed by atoms with Crippen LogP contribution in [0.1, 0.15) is 18.4 Å². The summed E-state index contributed by atoms with van der Waals surface area (Å²) in [6, 6.07) is 23.3. The van der Waals surface area contributed by atoms with E-state index in [1.165, 1.54) is 0 Å². The summed E-state index contributed by atoms with van der Waals surface area (Å²) in [7, 11) is -1.93.